The van der Waals surface area contributed by atoms with Gasteiger partial charge in [-0.3, -0.25) is 10.4 Å². The number of hydrogen-bond acceptors (Lipinski definition) is 2. The van der Waals surface area contributed by atoms with Gasteiger partial charge >= 0.3 is 0 Å². The molecule has 1 N–H and O–H groups in total. The van der Waals surface area contributed by atoms with Crippen LogP contribution in [0.3, 0.4) is 0 Å². The van der Waals surface area contributed by atoms with Crippen LogP contribution >= 0.6 is 0 Å². The summed E-state index contributed by atoms with van der Waals surface area (Å²) in [7, 11) is 0. The number of nitrogens with one attached hydrogen (secondary N) is 1. The molecule has 46 heavy (non-hydrogen) atoms. The largest absolute Gasteiger partial charge is 0.282 e. The molecule has 5 aromatic carbocycles. The average Bonchev–Trinajstić information content (AvgIpc) is 3.12. The van der Waals surface area contributed by atoms with E-state index in [1.807, 2.05) is 48.7 Å². The molecule has 0 unspecified atom stereocenters. The normalized spacial score (nSPS) is 11.8. The summed E-state index contributed by atoms with van der Waals surface area (Å²) in [6.07, 6.45) is 13.0. The quantitative estimate of drug-likeness (QED) is 0.0959. The molecular weight excluding hydrogens is 558 g/mol. The first-order valence-corrected chi connectivity index (χ1v) is 15.5. The van der Waals surface area contributed by atoms with Crippen molar-refractivity contribution in [1.82, 2.24) is 4.98 Å². The molecule has 1 heterocycles. The van der Waals surface area contributed by atoms with E-state index < -0.39 is 0 Å². The van der Waals surface area contributed by atoms with Crippen molar-refractivity contribution >= 4 is 28.4 Å². The molecule has 3 heteroatoms. The molecule has 1 aromatic heterocycles. The molecular formula is C43H35N3. The fourth-order valence-corrected chi connectivity index (χ4v) is 5.42. The molecule has 0 amide bonds. The fourth-order valence-electron chi connectivity index (χ4n) is 5.42. The molecule has 3 nitrogen and oxygen atoms in total. The van der Waals surface area contributed by atoms with Crippen LogP contribution in [0.4, 0.5) is 0 Å². The van der Waals surface area contributed by atoms with Crippen molar-refractivity contribution in [3.8, 4) is 22.3 Å². The van der Waals surface area contributed by atoms with Crippen LogP contribution in [-0.2, 0) is 6.42 Å². The number of aromatic nitrogens is 1. The van der Waals surface area contributed by atoms with Crippen LogP contribution in [0.2, 0.25) is 0 Å². The lowest BCUT2D eigenvalue weighted by Gasteiger charge is -2.10. The van der Waals surface area contributed by atoms with E-state index in [0.717, 1.165) is 39.9 Å². The van der Waals surface area contributed by atoms with Crippen LogP contribution in [0.25, 0.3) is 39.1 Å². The zero-order valence-corrected chi connectivity index (χ0v) is 25.7. The SMILES string of the molecule is C=C(/C=C\C=C\c1cccc2ccccc12)C(=N)/N=C(\CCc1ccc(-c2cccnc2)cc1)c1ccc(-c2ccccc2)cc1. The Balaban J connectivity index is 1.19. The summed E-state index contributed by atoms with van der Waals surface area (Å²) in [6, 6.07) is 46.1. The van der Waals surface area contributed by atoms with E-state index in [2.05, 4.69) is 127 Å². The predicted octanol–water partition coefficient (Wildman–Crippen LogP) is 10.8. The maximum atomic E-state index is 8.80. The highest BCUT2D eigenvalue weighted by molar-refractivity contribution is 6.12. The van der Waals surface area contributed by atoms with E-state index in [-0.39, 0.29) is 5.84 Å². The zero-order valence-electron chi connectivity index (χ0n) is 25.7. The molecule has 0 aliphatic heterocycles. The van der Waals surface area contributed by atoms with E-state index >= 15 is 0 Å². The first kappa shape index (κ1) is 30.1. The first-order valence-electron chi connectivity index (χ1n) is 15.5. The van der Waals surface area contributed by atoms with E-state index in [1.54, 1.807) is 6.20 Å². The summed E-state index contributed by atoms with van der Waals surface area (Å²) >= 11 is 0. The zero-order chi connectivity index (χ0) is 31.6. The van der Waals surface area contributed by atoms with Gasteiger partial charge in [0.15, 0.2) is 5.84 Å². The van der Waals surface area contributed by atoms with Crippen LogP contribution in [0.15, 0.2) is 181 Å². The third-order valence-electron chi connectivity index (χ3n) is 7.98. The van der Waals surface area contributed by atoms with Crippen molar-refractivity contribution in [2.75, 3.05) is 0 Å². The Bertz CT molecular complexity index is 2030. The molecule has 0 bridgehead atoms. The molecule has 6 aromatic rings. The van der Waals surface area contributed by atoms with Crippen molar-refractivity contribution < 1.29 is 0 Å². The van der Waals surface area contributed by atoms with Crippen molar-refractivity contribution in [2.45, 2.75) is 12.8 Å². The topological polar surface area (TPSA) is 49.1 Å². The summed E-state index contributed by atoms with van der Waals surface area (Å²) < 4.78 is 0. The minimum atomic E-state index is 0.156. The van der Waals surface area contributed by atoms with Gasteiger partial charge in [0.1, 0.15) is 0 Å². The van der Waals surface area contributed by atoms with E-state index in [9.17, 15) is 0 Å². The number of hydrogen-bond donors (Lipinski definition) is 1. The van der Waals surface area contributed by atoms with E-state index in [1.165, 1.54) is 21.9 Å². The van der Waals surface area contributed by atoms with Gasteiger partial charge in [-0.25, -0.2) is 4.99 Å². The Kier molecular flexibility index (Phi) is 9.62. The summed E-state index contributed by atoms with van der Waals surface area (Å²) in [6.45, 7) is 4.15. The molecule has 0 radical (unpaired) electrons. The summed E-state index contributed by atoms with van der Waals surface area (Å²) in [5.74, 6) is 0.156. The Morgan fingerprint density at radius 1 is 0.674 bits per heavy atom. The highest BCUT2D eigenvalue weighted by Gasteiger charge is 2.09. The van der Waals surface area contributed by atoms with Crippen LogP contribution in [0, 0.1) is 5.41 Å². The van der Waals surface area contributed by atoms with Crippen LogP contribution in [0.1, 0.15) is 23.1 Å². The molecule has 222 valence electrons. The van der Waals surface area contributed by atoms with Gasteiger partial charge in [-0.1, -0.05) is 158 Å². The average molecular weight is 594 g/mol. The number of allylic oxidation sites excluding steroid dienone is 2. The van der Waals surface area contributed by atoms with Gasteiger partial charge in [0.25, 0.3) is 0 Å². The van der Waals surface area contributed by atoms with Crippen LogP contribution in [0.5, 0.6) is 0 Å². The number of aryl methyl sites for hydroxylation is 1. The number of rotatable bonds is 10. The summed E-state index contributed by atoms with van der Waals surface area (Å²) in [5.41, 5.74) is 9.34. The number of nitrogens with zero attached hydrogens (tertiary/aromatic N) is 2. The minimum Gasteiger partial charge on any atom is -0.282 e. The van der Waals surface area contributed by atoms with Gasteiger partial charge in [-0.15, -0.1) is 0 Å². The van der Waals surface area contributed by atoms with Crippen molar-refractivity contribution in [3.63, 3.8) is 0 Å². The number of pyridine rings is 1. The number of benzene rings is 5. The predicted molar refractivity (Wildman–Crippen MR) is 195 cm³/mol. The highest BCUT2D eigenvalue weighted by atomic mass is 14.8. The monoisotopic (exact) mass is 593 g/mol. The molecule has 0 saturated carbocycles. The molecule has 6 rings (SSSR count). The lowest BCUT2D eigenvalue weighted by atomic mass is 9.97. The van der Waals surface area contributed by atoms with E-state index in [4.69, 9.17) is 10.4 Å². The minimum absolute atomic E-state index is 0.156. The molecule has 0 saturated heterocycles. The third-order valence-corrected chi connectivity index (χ3v) is 7.98. The van der Waals surface area contributed by atoms with Crippen molar-refractivity contribution in [2.24, 2.45) is 4.99 Å². The summed E-state index contributed by atoms with van der Waals surface area (Å²) in [4.78, 5) is 9.06. The number of aliphatic imine (C=N–C) groups is 1. The van der Waals surface area contributed by atoms with Crippen molar-refractivity contribution in [1.29, 1.82) is 5.41 Å². The van der Waals surface area contributed by atoms with Gasteiger partial charge in [-0.2, -0.15) is 0 Å². The molecule has 0 aliphatic rings. The number of fused-ring (bicyclic) bond motifs is 1. The summed E-state index contributed by atoms with van der Waals surface area (Å²) in [5, 5.41) is 11.2. The Morgan fingerprint density at radius 3 is 2.13 bits per heavy atom. The third kappa shape index (κ3) is 7.58. The maximum Gasteiger partial charge on any atom is 0.151 e. The Morgan fingerprint density at radius 2 is 1.35 bits per heavy atom. The highest BCUT2D eigenvalue weighted by Crippen LogP contribution is 2.23. The van der Waals surface area contributed by atoms with Gasteiger partial charge in [0, 0.05) is 18.0 Å². The lowest BCUT2D eigenvalue weighted by molar-refractivity contribution is 1.04. The maximum absolute atomic E-state index is 8.80. The smallest absolute Gasteiger partial charge is 0.151 e. The van der Waals surface area contributed by atoms with Gasteiger partial charge in [0.2, 0.25) is 0 Å². The van der Waals surface area contributed by atoms with Crippen LogP contribution in [-0.4, -0.2) is 16.5 Å². The molecule has 0 spiro atoms. The molecule has 0 aliphatic carbocycles. The van der Waals surface area contributed by atoms with Gasteiger partial charge < -0.3 is 0 Å². The van der Waals surface area contributed by atoms with Gasteiger partial charge in [0.05, 0.1) is 5.71 Å². The van der Waals surface area contributed by atoms with Crippen LogP contribution < -0.4 is 0 Å². The second-order valence-electron chi connectivity index (χ2n) is 11.1. The fraction of sp³-hybridized carbons (Fsp3) is 0.0465. The standard InChI is InChI=1S/C43H35N3/c1-32(11-5-6-14-37-16-9-17-38-15-7-8-19-41(37)38)43(44)46-42(39-27-25-35(26-28-39)34-12-3-2-4-13-34)29-22-33-20-23-36(24-21-33)40-18-10-30-45-31-40/h2-21,23-28,30-31,44H,1,22,29H2/b11-5-,14-6+,44-43?,46-42+. The lowest BCUT2D eigenvalue weighted by Crippen LogP contribution is -2.08. The second-order valence-corrected chi connectivity index (χ2v) is 11.1. The van der Waals surface area contributed by atoms with E-state index in [0.29, 0.717) is 12.0 Å². The first-order chi connectivity index (χ1) is 22.6. The molecule has 0 fully saturated rings. The van der Waals surface area contributed by atoms with Crippen molar-refractivity contribution in [3.05, 3.63) is 193 Å². The number of amidine groups is 1. The van der Waals surface area contributed by atoms with Gasteiger partial charge in [-0.05, 0) is 68.6 Å². The Hall–Kier alpha value is -5.93. The Labute approximate surface area is 271 Å². The second kappa shape index (κ2) is 14.7. The molecule has 0 atom stereocenters.